The molecule has 7 heteroatoms. The Balaban J connectivity index is 1.62. The minimum Gasteiger partial charge on any atom is -0.356 e. The Morgan fingerprint density at radius 2 is 2.09 bits per heavy atom. The van der Waals surface area contributed by atoms with Crippen molar-refractivity contribution in [1.82, 2.24) is 20.6 Å². The lowest BCUT2D eigenvalue weighted by atomic mass is 10.2. The van der Waals surface area contributed by atoms with Gasteiger partial charge in [-0.25, -0.2) is 0 Å². The molecule has 0 radical (unpaired) electrons. The number of nitrogens with one attached hydrogen (secondary N) is 1. The van der Waals surface area contributed by atoms with Gasteiger partial charge in [-0.1, -0.05) is 35.8 Å². The maximum Gasteiger partial charge on any atom is 0.232 e. The SMILES string of the molecule is CCCCNC(=O)Cc1noc(Cc2noc3ccccc23)n1. The Kier molecular flexibility index (Phi) is 4.65. The monoisotopic (exact) mass is 314 g/mol. The molecule has 0 bridgehead atoms. The van der Waals surface area contributed by atoms with Crippen LogP contribution in [0.4, 0.5) is 0 Å². The topological polar surface area (TPSA) is 94.1 Å². The average Bonchev–Trinajstić information content (AvgIpc) is 3.16. The van der Waals surface area contributed by atoms with Gasteiger partial charge in [0.05, 0.1) is 12.8 Å². The average molecular weight is 314 g/mol. The van der Waals surface area contributed by atoms with E-state index in [0.717, 1.165) is 29.5 Å². The summed E-state index contributed by atoms with van der Waals surface area (Å²) >= 11 is 0. The molecule has 1 amide bonds. The van der Waals surface area contributed by atoms with Gasteiger partial charge in [0.2, 0.25) is 11.8 Å². The van der Waals surface area contributed by atoms with Crippen LogP contribution in [0.1, 0.15) is 37.2 Å². The van der Waals surface area contributed by atoms with Gasteiger partial charge < -0.3 is 14.4 Å². The standard InChI is InChI=1S/C16H18N4O3/c1-2-3-8-17-15(21)10-14-18-16(23-20-14)9-12-11-6-4-5-7-13(11)22-19-12/h4-7H,2-3,8-10H2,1H3,(H,17,21). The highest BCUT2D eigenvalue weighted by Gasteiger charge is 2.14. The highest BCUT2D eigenvalue weighted by atomic mass is 16.5. The zero-order valence-electron chi connectivity index (χ0n) is 12.9. The third-order valence-corrected chi connectivity index (χ3v) is 3.45. The zero-order chi connectivity index (χ0) is 16.1. The fourth-order valence-electron chi connectivity index (χ4n) is 2.25. The van der Waals surface area contributed by atoms with Crippen LogP contribution >= 0.6 is 0 Å². The quantitative estimate of drug-likeness (QED) is 0.672. The van der Waals surface area contributed by atoms with E-state index >= 15 is 0 Å². The highest BCUT2D eigenvalue weighted by Crippen LogP contribution is 2.19. The summed E-state index contributed by atoms with van der Waals surface area (Å²) in [4.78, 5) is 16.0. The molecule has 2 aromatic heterocycles. The Morgan fingerprint density at radius 1 is 1.22 bits per heavy atom. The summed E-state index contributed by atoms with van der Waals surface area (Å²) in [6.07, 6.45) is 2.50. The molecule has 0 fully saturated rings. The number of nitrogens with zero attached hydrogens (tertiary/aromatic N) is 3. The van der Waals surface area contributed by atoms with E-state index in [1.165, 1.54) is 0 Å². The van der Waals surface area contributed by atoms with E-state index in [2.05, 4.69) is 27.5 Å². The van der Waals surface area contributed by atoms with Crippen LogP contribution in [0, 0.1) is 0 Å². The number of fused-ring (bicyclic) bond motifs is 1. The summed E-state index contributed by atoms with van der Waals surface area (Å²) in [5.74, 6) is 0.694. The number of aromatic nitrogens is 3. The number of amides is 1. The molecule has 0 unspecified atom stereocenters. The molecule has 0 saturated carbocycles. The molecule has 0 saturated heterocycles. The maximum absolute atomic E-state index is 11.7. The molecular weight excluding hydrogens is 296 g/mol. The van der Waals surface area contributed by atoms with Gasteiger partial charge in [-0.15, -0.1) is 0 Å². The number of hydrogen-bond donors (Lipinski definition) is 1. The summed E-state index contributed by atoms with van der Waals surface area (Å²) in [6.45, 7) is 2.75. The first kappa shape index (κ1) is 15.2. The van der Waals surface area contributed by atoms with E-state index in [0.29, 0.717) is 24.7 Å². The summed E-state index contributed by atoms with van der Waals surface area (Å²) < 4.78 is 10.4. The van der Waals surface area contributed by atoms with E-state index in [1.807, 2.05) is 24.3 Å². The molecule has 0 spiro atoms. The van der Waals surface area contributed by atoms with E-state index in [9.17, 15) is 4.79 Å². The van der Waals surface area contributed by atoms with E-state index in [-0.39, 0.29) is 12.3 Å². The molecule has 1 N–H and O–H groups in total. The number of rotatable bonds is 7. The lowest BCUT2D eigenvalue weighted by Crippen LogP contribution is -2.26. The minimum absolute atomic E-state index is 0.0994. The predicted octanol–water partition coefficient (Wildman–Crippen LogP) is 2.26. The van der Waals surface area contributed by atoms with E-state index in [4.69, 9.17) is 9.05 Å². The first-order valence-corrected chi connectivity index (χ1v) is 7.67. The minimum atomic E-state index is -0.0994. The van der Waals surface area contributed by atoms with Gasteiger partial charge in [0.1, 0.15) is 5.69 Å². The summed E-state index contributed by atoms with van der Waals surface area (Å²) in [5, 5.41) is 11.6. The first-order valence-electron chi connectivity index (χ1n) is 7.67. The first-order chi connectivity index (χ1) is 11.3. The largest absolute Gasteiger partial charge is 0.356 e. The van der Waals surface area contributed by atoms with Gasteiger partial charge in [-0.2, -0.15) is 4.98 Å². The highest BCUT2D eigenvalue weighted by molar-refractivity contribution is 5.79. The van der Waals surface area contributed by atoms with Crippen molar-refractivity contribution in [3.05, 3.63) is 41.7 Å². The van der Waals surface area contributed by atoms with Crippen LogP contribution in [0.15, 0.2) is 33.3 Å². The van der Waals surface area contributed by atoms with Crippen molar-refractivity contribution < 1.29 is 13.8 Å². The molecule has 1 aromatic carbocycles. The van der Waals surface area contributed by atoms with Crippen molar-refractivity contribution >= 4 is 16.9 Å². The number of carbonyl (C=O) groups excluding carboxylic acids is 1. The van der Waals surface area contributed by atoms with Gasteiger partial charge in [0.15, 0.2) is 11.4 Å². The van der Waals surface area contributed by atoms with E-state index < -0.39 is 0 Å². The second-order valence-electron chi connectivity index (χ2n) is 5.29. The molecule has 23 heavy (non-hydrogen) atoms. The Labute approximate surface area is 133 Å². The lowest BCUT2D eigenvalue weighted by molar-refractivity contribution is -0.120. The molecular formula is C16H18N4O3. The number of para-hydroxylation sites is 1. The Hall–Kier alpha value is -2.70. The Bertz CT molecular complexity index is 793. The number of unbranched alkanes of at least 4 members (excludes halogenated alkanes) is 1. The van der Waals surface area contributed by atoms with Gasteiger partial charge in [-0.05, 0) is 18.6 Å². The van der Waals surface area contributed by atoms with Crippen molar-refractivity contribution in [1.29, 1.82) is 0 Å². The van der Waals surface area contributed by atoms with Crippen LogP contribution in [0.25, 0.3) is 11.0 Å². The van der Waals surface area contributed by atoms with Crippen molar-refractivity contribution in [3.8, 4) is 0 Å². The lowest BCUT2D eigenvalue weighted by Gasteiger charge is -2.00. The third-order valence-electron chi connectivity index (χ3n) is 3.45. The van der Waals surface area contributed by atoms with Crippen LogP contribution < -0.4 is 5.32 Å². The van der Waals surface area contributed by atoms with Crippen molar-refractivity contribution in [2.45, 2.75) is 32.6 Å². The van der Waals surface area contributed by atoms with E-state index in [1.54, 1.807) is 0 Å². The molecule has 3 aromatic rings. The normalized spacial score (nSPS) is 11.0. The molecule has 0 aliphatic carbocycles. The van der Waals surface area contributed by atoms with Crippen LogP contribution in [0.5, 0.6) is 0 Å². The predicted molar refractivity (Wildman–Crippen MR) is 82.7 cm³/mol. The fraction of sp³-hybridized carbons (Fsp3) is 0.375. The van der Waals surface area contributed by atoms with Gasteiger partial charge >= 0.3 is 0 Å². The maximum atomic E-state index is 11.7. The van der Waals surface area contributed by atoms with Crippen molar-refractivity contribution in [3.63, 3.8) is 0 Å². The molecule has 0 aliphatic heterocycles. The molecule has 120 valence electrons. The fourth-order valence-corrected chi connectivity index (χ4v) is 2.25. The van der Waals surface area contributed by atoms with Crippen molar-refractivity contribution in [2.75, 3.05) is 6.54 Å². The molecule has 7 nitrogen and oxygen atoms in total. The number of carbonyl (C=O) groups is 1. The molecule has 0 aliphatic rings. The Morgan fingerprint density at radius 3 is 2.96 bits per heavy atom. The van der Waals surface area contributed by atoms with Crippen molar-refractivity contribution in [2.24, 2.45) is 0 Å². The summed E-state index contributed by atoms with van der Waals surface area (Å²) in [6, 6.07) is 7.59. The van der Waals surface area contributed by atoms with Crippen LogP contribution in [-0.2, 0) is 17.6 Å². The van der Waals surface area contributed by atoms with Crippen LogP contribution in [0.3, 0.4) is 0 Å². The van der Waals surface area contributed by atoms with Gasteiger partial charge in [0, 0.05) is 11.9 Å². The smallest absolute Gasteiger partial charge is 0.232 e. The number of hydrogen-bond acceptors (Lipinski definition) is 6. The van der Waals surface area contributed by atoms with Gasteiger partial charge in [-0.3, -0.25) is 4.79 Å². The molecule has 0 atom stereocenters. The second-order valence-corrected chi connectivity index (χ2v) is 5.29. The third kappa shape index (κ3) is 3.74. The molecule has 2 heterocycles. The summed E-state index contributed by atoms with van der Waals surface area (Å²) in [7, 11) is 0. The van der Waals surface area contributed by atoms with Crippen LogP contribution in [-0.4, -0.2) is 27.7 Å². The number of benzene rings is 1. The second kappa shape index (κ2) is 7.04. The molecule has 3 rings (SSSR count). The van der Waals surface area contributed by atoms with Gasteiger partial charge in [0.25, 0.3) is 0 Å². The summed E-state index contributed by atoms with van der Waals surface area (Å²) in [5.41, 5.74) is 1.46. The zero-order valence-corrected chi connectivity index (χ0v) is 12.9. The van der Waals surface area contributed by atoms with Crippen LogP contribution in [0.2, 0.25) is 0 Å².